The zero-order valence-corrected chi connectivity index (χ0v) is 13.4. The van der Waals surface area contributed by atoms with E-state index in [0.29, 0.717) is 0 Å². The van der Waals surface area contributed by atoms with Gasteiger partial charge in [0.05, 0.1) is 24.2 Å². The number of fused-ring (bicyclic) bond motifs is 1. The molecule has 0 radical (unpaired) electrons. The number of nitrogens with zero attached hydrogens (tertiary/aromatic N) is 1. The highest BCUT2D eigenvalue weighted by Gasteiger charge is 2.32. The Morgan fingerprint density at radius 1 is 1.21 bits per heavy atom. The zero-order chi connectivity index (χ0) is 17.5. The highest BCUT2D eigenvalue weighted by molar-refractivity contribution is 7.92. The maximum atomic E-state index is 14.0. The van der Waals surface area contributed by atoms with Crippen LogP contribution in [0.1, 0.15) is 0 Å². The number of hydrogen-bond donors (Lipinski definition) is 1. The van der Waals surface area contributed by atoms with Crippen LogP contribution in [0.3, 0.4) is 0 Å². The standard InChI is InChI=1S/C15H14F2N2O4S/c1-22-14-8-10(2-3-11(14)16)24(20,21)19-4-5-23-15-12(17)6-9(18)7-13(15)19/h2-3,6-8H,4-5,18H2,1H3. The lowest BCUT2D eigenvalue weighted by Gasteiger charge is -2.31. The lowest BCUT2D eigenvalue weighted by molar-refractivity contribution is 0.299. The molecule has 0 saturated carbocycles. The lowest BCUT2D eigenvalue weighted by atomic mass is 10.2. The number of ether oxygens (including phenoxy) is 2. The Bertz CT molecular complexity index is 903. The molecule has 3 rings (SSSR count). The van der Waals surface area contributed by atoms with Crippen molar-refractivity contribution in [3.8, 4) is 11.5 Å². The van der Waals surface area contributed by atoms with Crippen molar-refractivity contribution in [2.75, 3.05) is 30.3 Å². The third-order valence-corrected chi connectivity index (χ3v) is 5.38. The highest BCUT2D eigenvalue weighted by Crippen LogP contribution is 2.39. The van der Waals surface area contributed by atoms with Crippen LogP contribution in [0.4, 0.5) is 20.2 Å². The van der Waals surface area contributed by atoms with Gasteiger partial charge in [0, 0.05) is 17.8 Å². The molecule has 9 heteroatoms. The molecule has 0 atom stereocenters. The van der Waals surface area contributed by atoms with Gasteiger partial charge in [-0.1, -0.05) is 0 Å². The summed E-state index contributed by atoms with van der Waals surface area (Å²) in [7, 11) is -2.84. The van der Waals surface area contributed by atoms with Crippen molar-refractivity contribution in [1.82, 2.24) is 0 Å². The van der Waals surface area contributed by atoms with E-state index in [1.807, 2.05) is 0 Å². The van der Waals surface area contributed by atoms with Crippen molar-refractivity contribution in [2.45, 2.75) is 4.90 Å². The summed E-state index contributed by atoms with van der Waals surface area (Å²) in [5.41, 5.74) is 5.67. The van der Waals surface area contributed by atoms with Gasteiger partial charge in [-0.05, 0) is 18.2 Å². The molecule has 0 saturated heterocycles. The van der Waals surface area contributed by atoms with E-state index < -0.39 is 21.7 Å². The van der Waals surface area contributed by atoms with Gasteiger partial charge >= 0.3 is 0 Å². The van der Waals surface area contributed by atoms with Crippen molar-refractivity contribution >= 4 is 21.4 Å². The van der Waals surface area contributed by atoms with E-state index in [2.05, 4.69) is 0 Å². The molecular weight excluding hydrogens is 342 g/mol. The monoisotopic (exact) mass is 356 g/mol. The summed E-state index contributed by atoms with van der Waals surface area (Å²) in [6.07, 6.45) is 0. The minimum atomic E-state index is -4.07. The van der Waals surface area contributed by atoms with Crippen molar-refractivity contribution < 1.29 is 26.7 Å². The molecule has 0 spiro atoms. The van der Waals surface area contributed by atoms with E-state index >= 15 is 0 Å². The van der Waals surface area contributed by atoms with Crippen molar-refractivity contribution in [1.29, 1.82) is 0 Å². The second-order valence-corrected chi connectivity index (χ2v) is 6.94. The van der Waals surface area contributed by atoms with E-state index in [1.54, 1.807) is 0 Å². The zero-order valence-electron chi connectivity index (χ0n) is 12.6. The number of nitrogens with two attached hydrogens (primary N) is 1. The van der Waals surface area contributed by atoms with Crippen LogP contribution in [0, 0.1) is 11.6 Å². The molecule has 2 N–H and O–H groups in total. The molecule has 2 aromatic rings. The summed E-state index contributed by atoms with van der Waals surface area (Å²) in [4.78, 5) is -0.184. The van der Waals surface area contributed by atoms with Gasteiger partial charge in [-0.15, -0.1) is 0 Å². The van der Waals surface area contributed by atoms with E-state index in [9.17, 15) is 17.2 Å². The molecule has 0 bridgehead atoms. The second-order valence-electron chi connectivity index (χ2n) is 5.07. The van der Waals surface area contributed by atoms with Crippen molar-refractivity contribution in [2.24, 2.45) is 0 Å². The predicted molar refractivity (Wildman–Crippen MR) is 83.8 cm³/mol. The first-order valence-electron chi connectivity index (χ1n) is 6.92. The molecule has 6 nitrogen and oxygen atoms in total. The van der Waals surface area contributed by atoms with E-state index in [4.69, 9.17) is 15.2 Å². The molecule has 128 valence electrons. The Balaban J connectivity index is 2.13. The highest BCUT2D eigenvalue weighted by atomic mass is 32.2. The number of methoxy groups -OCH3 is 1. The minimum Gasteiger partial charge on any atom is -0.494 e. The summed E-state index contributed by atoms with van der Waals surface area (Å²) in [6.45, 7) is -0.0523. The third-order valence-electron chi connectivity index (χ3n) is 3.57. The van der Waals surface area contributed by atoms with Gasteiger partial charge < -0.3 is 15.2 Å². The number of halogens is 2. The first-order valence-corrected chi connectivity index (χ1v) is 8.36. The molecule has 0 aliphatic carbocycles. The van der Waals surface area contributed by atoms with E-state index in [0.717, 1.165) is 28.6 Å². The number of anilines is 2. The molecular formula is C15H14F2N2O4S. The molecule has 1 heterocycles. The summed E-state index contributed by atoms with van der Waals surface area (Å²) in [5, 5.41) is 0. The Morgan fingerprint density at radius 2 is 1.96 bits per heavy atom. The summed E-state index contributed by atoms with van der Waals surface area (Å²) < 4.78 is 64.3. The van der Waals surface area contributed by atoms with Crippen LogP contribution in [-0.4, -0.2) is 28.7 Å². The van der Waals surface area contributed by atoms with Crippen LogP contribution in [0.5, 0.6) is 11.5 Å². The quantitative estimate of drug-likeness (QED) is 0.852. The fraction of sp³-hybridized carbons (Fsp3) is 0.200. The first kappa shape index (κ1) is 16.3. The van der Waals surface area contributed by atoms with Crippen LogP contribution >= 0.6 is 0 Å². The fourth-order valence-corrected chi connectivity index (χ4v) is 3.92. The third kappa shape index (κ3) is 2.60. The van der Waals surface area contributed by atoms with Crippen molar-refractivity contribution in [3.63, 3.8) is 0 Å². The fourth-order valence-electron chi connectivity index (χ4n) is 2.46. The Kier molecular flexibility index (Phi) is 3.96. The maximum absolute atomic E-state index is 14.0. The molecule has 0 aromatic heterocycles. The average molecular weight is 356 g/mol. The molecule has 1 aliphatic heterocycles. The van der Waals surface area contributed by atoms with Crippen LogP contribution in [0.2, 0.25) is 0 Å². The molecule has 0 unspecified atom stereocenters. The molecule has 24 heavy (non-hydrogen) atoms. The first-order chi connectivity index (χ1) is 11.3. The minimum absolute atomic E-state index is 0.00189. The van der Waals surface area contributed by atoms with Gasteiger partial charge in [-0.3, -0.25) is 4.31 Å². The van der Waals surface area contributed by atoms with Gasteiger partial charge in [-0.2, -0.15) is 0 Å². The summed E-state index contributed by atoms with van der Waals surface area (Å²) in [5.74, 6) is -1.83. The Labute approximate surface area is 137 Å². The lowest BCUT2D eigenvalue weighted by Crippen LogP contribution is -2.38. The number of benzene rings is 2. The molecule has 1 aliphatic rings. The predicted octanol–water partition coefficient (Wildman–Crippen LogP) is 2.14. The van der Waals surface area contributed by atoms with Gasteiger partial charge in [0.25, 0.3) is 10.0 Å². The van der Waals surface area contributed by atoms with E-state index in [-0.39, 0.29) is 40.9 Å². The largest absolute Gasteiger partial charge is 0.494 e. The van der Waals surface area contributed by atoms with Crippen molar-refractivity contribution in [3.05, 3.63) is 42.0 Å². The van der Waals surface area contributed by atoms with Gasteiger partial charge in [0.15, 0.2) is 23.1 Å². The molecule has 0 amide bonds. The van der Waals surface area contributed by atoms with Gasteiger partial charge in [-0.25, -0.2) is 17.2 Å². The van der Waals surface area contributed by atoms with Gasteiger partial charge in [0.2, 0.25) is 0 Å². The number of hydrogen-bond acceptors (Lipinski definition) is 5. The topological polar surface area (TPSA) is 81.9 Å². The number of nitrogen functional groups attached to an aromatic ring is 1. The molecule has 2 aromatic carbocycles. The Morgan fingerprint density at radius 3 is 2.67 bits per heavy atom. The number of rotatable bonds is 3. The Hall–Kier alpha value is -2.55. The van der Waals surface area contributed by atoms with Crippen LogP contribution in [0.25, 0.3) is 0 Å². The van der Waals surface area contributed by atoms with E-state index in [1.165, 1.54) is 13.2 Å². The normalized spacial score (nSPS) is 14.0. The smallest absolute Gasteiger partial charge is 0.264 e. The molecule has 0 fully saturated rings. The number of sulfonamides is 1. The van der Waals surface area contributed by atoms with Crippen LogP contribution in [0.15, 0.2) is 35.2 Å². The second kappa shape index (κ2) is 5.82. The maximum Gasteiger partial charge on any atom is 0.264 e. The SMILES string of the molecule is COc1cc(S(=O)(=O)N2CCOc3c(F)cc(N)cc32)ccc1F. The average Bonchev–Trinajstić information content (AvgIpc) is 2.54. The van der Waals surface area contributed by atoms with Crippen LogP contribution < -0.4 is 19.5 Å². The van der Waals surface area contributed by atoms with Gasteiger partial charge in [0.1, 0.15) is 6.61 Å². The van der Waals surface area contributed by atoms with Crippen LogP contribution in [-0.2, 0) is 10.0 Å². The summed E-state index contributed by atoms with van der Waals surface area (Å²) >= 11 is 0. The summed E-state index contributed by atoms with van der Waals surface area (Å²) in [6, 6.07) is 5.55.